The standard InChI is InChI=1S/C29H33N3O/c1-2-3-8-21-33-24-15-13-23(14-16-24)22-30-32-19-17-31(18-20-32)29-27-11-6-4-9-25(27)26-10-5-7-12-28(26)29/h4-7,9-16,22,29H,2-3,8,17-21H2,1H3/b30-22+. The van der Waals surface area contributed by atoms with Crippen LogP contribution in [0, 0.1) is 0 Å². The number of hydrazone groups is 1. The fourth-order valence-electron chi connectivity index (χ4n) is 4.95. The number of ether oxygens (including phenoxy) is 1. The zero-order valence-electron chi connectivity index (χ0n) is 19.5. The summed E-state index contributed by atoms with van der Waals surface area (Å²) in [5, 5.41) is 6.95. The molecule has 0 saturated carbocycles. The average Bonchev–Trinajstić information content (AvgIpc) is 3.21. The van der Waals surface area contributed by atoms with Gasteiger partial charge in [0.1, 0.15) is 5.75 Å². The molecule has 5 rings (SSSR count). The zero-order valence-corrected chi connectivity index (χ0v) is 19.5. The fourth-order valence-corrected chi connectivity index (χ4v) is 4.95. The molecule has 4 heteroatoms. The number of nitrogens with zero attached hydrogens (tertiary/aromatic N) is 3. The molecule has 0 amide bonds. The van der Waals surface area contributed by atoms with E-state index in [1.165, 1.54) is 35.1 Å². The maximum atomic E-state index is 5.81. The molecule has 1 heterocycles. The van der Waals surface area contributed by atoms with E-state index in [4.69, 9.17) is 9.84 Å². The van der Waals surface area contributed by atoms with Gasteiger partial charge in [-0.3, -0.25) is 9.91 Å². The van der Waals surface area contributed by atoms with Crippen LogP contribution in [0.2, 0.25) is 0 Å². The van der Waals surface area contributed by atoms with Gasteiger partial charge in [0.2, 0.25) is 0 Å². The second-order valence-corrected chi connectivity index (χ2v) is 8.94. The van der Waals surface area contributed by atoms with Crippen molar-refractivity contribution in [1.82, 2.24) is 9.91 Å². The predicted molar refractivity (Wildman–Crippen MR) is 136 cm³/mol. The van der Waals surface area contributed by atoms with Crippen molar-refractivity contribution in [2.75, 3.05) is 32.8 Å². The minimum atomic E-state index is 0.355. The van der Waals surface area contributed by atoms with Gasteiger partial charge in [-0.15, -0.1) is 0 Å². The highest BCUT2D eigenvalue weighted by Gasteiger charge is 2.33. The van der Waals surface area contributed by atoms with Crippen LogP contribution < -0.4 is 4.74 Å². The summed E-state index contributed by atoms with van der Waals surface area (Å²) in [7, 11) is 0. The van der Waals surface area contributed by atoms with E-state index < -0.39 is 0 Å². The van der Waals surface area contributed by atoms with Gasteiger partial charge in [-0.2, -0.15) is 5.10 Å². The summed E-state index contributed by atoms with van der Waals surface area (Å²) in [5.74, 6) is 0.939. The van der Waals surface area contributed by atoms with E-state index in [1.54, 1.807) is 0 Å². The molecule has 0 unspecified atom stereocenters. The Balaban J connectivity index is 1.18. The van der Waals surface area contributed by atoms with Gasteiger partial charge in [-0.1, -0.05) is 68.3 Å². The number of piperazine rings is 1. The van der Waals surface area contributed by atoms with Crippen LogP contribution in [0.3, 0.4) is 0 Å². The molecular weight excluding hydrogens is 406 g/mol. The Morgan fingerprint density at radius 2 is 1.45 bits per heavy atom. The summed E-state index contributed by atoms with van der Waals surface area (Å²) < 4.78 is 5.81. The number of fused-ring (bicyclic) bond motifs is 3. The largest absolute Gasteiger partial charge is 0.494 e. The predicted octanol–water partition coefficient (Wildman–Crippen LogP) is 5.98. The Kier molecular flexibility index (Phi) is 6.73. The van der Waals surface area contributed by atoms with E-state index in [2.05, 4.69) is 77.5 Å². The Bertz CT molecular complexity index is 1040. The Labute approximate surface area is 197 Å². The van der Waals surface area contributed by atoms with Crippen LogP contribution in [0.5, 0.6) is 5.75 Å². The molecule has 0 bridgehead atoms. The summed E-state index contributed by atoms with van der Waals surface area (Å²) in [6.45, 7) is 6.90. The van der Waals surface area contributed by atoms with E-state index in [-0.39, 0.29) is 0 Å². The number of hydrogen-bond acceptors (Lipinski definition) is 4. The van der Waals surface area contributed by atoms with Gasteiger partial charge >= 0.3 is 0 Å². The second-order valence-electron chi connectivity index (χ2n) is 8.94. The molecule has 1 aliphatic heterocycles. The van der Waals surface area contributed by atoms with E-state index in [9.17, 15) is 0 Å². The van der Waals surface area contributed by atoms with Crippen LogP contribution in [0.25, 0.3) is 11.1 Å². The quantitative estimate of drug-likeness (QED) is 0.319. The van der Waals surface area contributed by atoms with Crippen LogP contribution in [0.1, 0.15) is 48.9 Å². The first kappa shape index (κ1) is 21.7. The molecule has 33 heavy (non-hydrogen) atoms. The lowest BCUT2D eigenvalue weighted by molar-refractivity contribution is 0.114. The van der Waals surface area contributed by atoms with E-state index in [1.807, 2.05) is 18.3 Å². The fraction of sp³-hybridized carbons (Fsp3) is 0.345. The molecule has 170 valence electrons. The van der Waals surface area contributed by atoms with Gasteiger partial charge in [0.15, 0.2) is 0 Å². The van der Waals surface area contributed by atoms with Crippen molar-refractivity contribution in [2.24, 2.45) is 5.10 Å². The van der Waals surface area contributed by atoms with Gasteiger partial charge in [-0.25, -0.2) is 0 Å². The lowest BCUT2D eigenvalue weighted by atomic mass is 10.0. The van der Waals surface area contributed by atoms with Crippen molar-refractivity contribution in [3.05, 3.63) is 89.5 Å². The third-order valence-corrected chi connectivity index (χ3v) is 6.72. The third-order valence-electron chi connectivity index (χ3n) is 6.72. The normalized spacial score (nSPS) is 16.2. The summed E-state index contributed by atoms with van der Waals surface area (Å²) in [6.07, 6.45) is 5.52. The molecule has 3 aromatic carbocycles. The highest BCUT2D eigenvalue weighted by molar-refractivity contribution is 5.79. The zero-order chi connectivity index (χ0) is 22.5. The second kappa shape index (κ2) is 10.2. The number of benzene rings is 3. The molecule has 4 nitrogen and oxygen atoms in total. The van der Waals surface area contributed by atoms with Crippen molar-refractivity contribution in [1.29, 1.82) is 0 Å². The Morgan fingerprint density at radius 3 is 2.09 bits per heavy atom. The summed E-state index contributed by atoms with van der Waals surface area (Å²) in [6, 6.07) is 26.3. The minimum Gasteiger partial charge on any atom is -0.494 e. The summed E-state index contributed by atoms with van der Waals surface area (Å²) in [5.41, 5.74) is 6.75. The van der Waals surface area contributed by atoms with Crippen molar-refractivity contribution in [3.63, 3.8) is 0 Å². The minimum absolute atomic E-state index is 0.355. The Morgan fingerprint density at radius 1 is 0.818 bits per heavy atom. The summed E-state index contributed by atoms with van der Waals surface area (Å²) in [4.78, 5) is 2.61. The van der Waals surface area contributed by atoms with Crippen molar-refractivity contribution >= 4 is 6.21 Å². The van der Waals surface area contributed by atoms with Crippen molar-refractivity contribution in [3.8, 4) is 16.9 Å². The number of unbranched alkanes of at least 4 members (excludes halogenated alkanes) is 2. The van der Waals surface area contributed by atoms with Crippen LogP contribution in [0.15, 0.2) is 77.9 Å². The van der Waals surface area contributed by atoms with Gasteiger partial charge in [0.05, 0.1) is 18.9 Å². The molecule has 1 fully saturated rings. The van der Waals surface area contributed by atoms with E-state index in [0.29, 0.717) is 6.04 Å². The van der Waals surface area contributed by atoms with Crippen LogP contribution in [0.4, 0.5) is 0 Å². The highest BCUT2D eigenvalue weighted by atomic mass is 16.5. The molecule has 3 aromatic rings. The van der Waals surface area contributed by atoms with Gasteiger partial charge in [-0.05, 0) is 58.5 Å². The molecule has 0 aromatic heterocycles. The Hall–Kier alpha value is -3.11. The van der Waals surface area contributed by atoms with Crippen LogP contribution in [-0.4, -0.2) is 48.9 Å². The molecule has 1 saturated heterocycles. The molecule has 0 spiro atoms. The van der Waals surface area contributed by atoms with Gasteiger partial charge < -0.3 is 4.74 Å². The van der Waals surface area contributed by atoms with Crippen molar-refractivity contribution in [2.45, 2.75) is 32.2 Å². The molecule has 1 aliphatic carbocycles. The molecule has 0 atom stereocenters. The maximum Gasteiger partial charge on any atom is 0.119 e. The molecule has 2 aliphatic rings. The first-order chi connectivity index (χ1) is 16.3. The van der Waals surface area contributed by atoms with E-state index in [0.717, 1.165) is 50.5 Å². The maximum absolute atomic E-state index is 5.81. The number of rotatable bonds is 8. The monoisotopic (exact) mass is 439 g/mol. The topological polar surface area (TPSA) is 28.1 Å². The molecule has 0 N–H and O–H groups in total. The smallest absolute Gasteiger partial charge is 0.119 e. The lowest BCUT2D eigenvalue weighted by Crippen LogP contribution is -2.45. The SMILES string of the molecule is CCCCCOc1ccc(/C=N/N2CCN(C3c4ccccc4-c4ccccc43)CC2)cc1. The van der Waals surface area contributed by atoms with E-state index >= 15 is 0 Å². The van der Waals surface area contributed by atoms with Crippen LogP contribution in [-0.2, 0) is 0 Å². The number of hydrogen-bond donors (Lipinski definition) is 0. The van der Waals surface area contributed by atoms with Crippen LogP contribution >= 0.6 is 0 Å². The first-order valence-corrected chi connectivity index (χ1v) is 12.3. The highest BCUT2D eigenvalue weighted by Crippen LogP contribution is 2.46. The third kappa shape index (κ3) is 4.81. The summed E-state index contributed by atoms with van der Waals surface area (Å²) >= 11 is 0. The van der Waals surface area contributed by atoms with Gasteiger partial charge in [0.25, 0.3) is 0 Å². The first-order valence-electron chi connectivity index (χ1n) is 12.3. The lowest BCUT2D eigenvalue weighted by Gasteiger charge is -2.37. The average molecular weight is 440 g/mol. The van der Waals surface area contributed by atoms with Crippen molar-refractivity contribution < 1.29 is 4.74 Å². The van der Waals surface area contributed by atoms with Gasteiger partial charge in [0, 0.05) is 26.2 Å². The molecular formula is C29H33N3O. The molecule has 0 radical (unpaired) electrons.